The van der Waals surface area contributed by atoms with Crippen molar-refractivity contribution in [3.63, 3.8) is 0 Å². The van der Waals surface area contributed by atoms with Crippen molar-refractivity contribution >= 4 is 17.8 Å². The summed E-state index contributed by atoms with van der Waals surface area (Å²) in [4.78, 5) is 41.3. The number of hydrogen-bond donors (Lipinski definition) is 3. The molecule has 0 aromatic heterocycles. The molecule has 5 unspecified atom stereocenters. The normalized spacial score (nSPS) is 13.6. The molecule has 0 fully saturated rings. The summed E-state index contributed by atoms with van der Waals surface area (Å²) in [6.45, 7) is 7.86. The molecule has 5 atom stereocenters. The number of aliphatic hydroxyl groups is 1. The average Bonchev–Trinajstić information content (AvgIpc) is 3.22. The summed E-state index contributed by atoms with van der Waals surface area (Å²) in [5.74, 6) is -1.63. The van der Waals surface area contributed by atoms with Crippen LogP contribution < -0.4 is 15.4 Å². The van der Waals surface area contributed by atoms with E-state index in [1.54, 1.807) is 6.08 Å². The summed E-state index contributed by atoms with van der Waals surface area (Å²) >= 11 is 0. The highest BCUT2D eigenvalue weighted by Gasteiger charge is 2.33. The highest BCUT2D eigenvalue weighted by molar-refractivity contribution is 5.86. The number of allylic oxidation sites excluding steroid dienone is 2. The first-order valence-electron chi connectivity index (χ1n) is 19.3. The molecule has 2 amide bonds. The Morgan fingerprint density at radius 2 is 1.38 bits per heavy atom. The van der Waals surface area contributed by atoms with Gasteiger partial charge in [0.25, 0.3) is 0 Å². The Labute approximate surface area is 331 Å². The van der Waals surface area contributed by atoms with E-state index < -0.39 is 35.9 Å². The predicted octanol–water partition coefficient (Wildman–Crippen LogP) is 7.50. The highest BCUT2D eigenvalue weighted by Crippen LogP contribution is 2.27. The number of amides is 2. The molecular formula is C47H56N2O7. The van der Waals surface area contributed by atoms with E-state index in [1.165, 1.54) is 7.11 Å². The summed E-state index contributed by atoms with van der Waals surface area (Å²) < 4.78 is 17.7. The number of carbonyl (C=O) groups excluding carboxylic acids is 3. The minimum absolute atomic E-state index is 0.0497. The van der Waals surface area contributed by atoms with Crippen LogP contribution in [0.1, 0.15) is 60.5 Å². The summed E-state index contributed by atoms with van der Waals surface area (Å²) in [6, 6.07) is 35.2. The zero-order chi connectivity index (χ0) is 40.0. The molecular weight excluding hydrogens is 705 g/mol. The van der Waals surface area contributed by atoms with Gasteiger partial charge in [0.05, 0.1) is 37.1 Å². The molecule has 0 aliphatic heterocycles. The molecule has 0 heterocycles. The second kappa shape index (κ2) is 24.1. The molecule has 0 bridgehead atoms. The van der Waals surface area contributed by atoms with Gasteiger partial charge in [-0.25, -0.2) is 0 Å². The second-order valence-electron chi connectivity index (χ2n) is 13.9. The Kier molecular flexibility index (Phi) is 18.6. The van der Waals surface area contributed by atoms with Crippen molar-refractivity contribution in [1.82, 2.24) is 10.6 Å². The molecule has 4 aromatic rings. The molecule has 4 rings (SSSR count). The van der Waals surface area contributed by atoms with Crippen LogP contribution in [0.5, 0.6) is 5.75 Å². The Morgan fingerprint density at radius 1 is 0.750 bits per heavy atom. The minimum Gasteiger partial charge on any atom is -0.489 e. The molecule has 296 valence electrons. The topological polar surface area (TPSA) is 123 Å². The fourth-order valence-electron chi connectivity index (χ4n) is 6.54. The maximum Gasteiger partial charge on any atom is 0.309 e. The summed E-state index contributed by atoms with van der Waals surface area (Å²) in [7, 11) is 1.52. The highest BCUT2D eigenvalue weighted by atomic mass is 16.5. The molecule has 4 aromatic carbocycles. The van der Waals surface area contributed by atoms with Gasteiger partial charge < -0.3 is 30.0 Å². The molecule has 9 heteroatoms. The maximum absolute atomic E-state index is 14.0. The molecule has 0 aliphatic carbocycles. The standard InChI is InChI=1S/C47H56N2O7/c1-4-6-10-24-40(29-35-18-11-7-12-19-35)47(53)56-45(38-22-15-9-16-23-38)43(34-54-3)49-46(52)39(17-5-2)31-44(51)48-41(32-50)30-36-25-27-42(28-26-36)55-33-37-20-13-8-14-21-37/h4-5,7-9,11-16,18-23,25-28,39-41,43,45,50H,1-2,6,10,17,24,29-34H2,3H3,(H,48,51)(H,49,52). The van der Waals surface area contributed by atoms with Crippen LogP contribution in [0.15, 0.2) is 141 Å². The molecule has 0 spiro atoms. The Balaban J connectivity index is 1.42. The van der Waals surface area contributed by atoms with Gasteiger partial charge in [0.1, 0.15) is 18.5 Å². The van der Waals surface area contributed by atoms with E-state index in [0.717, 1.165) is 29.5 Å². The van der Waals surface area contributed by atoms with E-state index in [2.05, 4.69) is 23.8 Å². The first-order valence-corrected chi connectivity index (χ1v) is 19.3. The Morgan fingerprint density at radius 3 is 1.98 bits per heavy atom. The third-order valence-electron chi connectivity index (χ3n) is 9.52. The summed E-state index contributed by atoms with van der Waals surface area (Å²) in [5.41, 5.74) is 3.71. The number of carbonyl (C=O) groups is 3. The Hall–Kier alpha value is -5.51. The fraction of sp³-hybridized carbons (Fsp3) is 0.340. The molecule has 56 heavy (non-hydrogen) atoms. The zero-order valence-corrected chi connectivity index (χ0v) is 32.4. The molecule has 0 radical (unpaired) electrons. The predicted molar refractivity (Wildman–Crippen MR) is 220 cm³/mol. The number of rotatable bonds is 25. The largest absolute Gasteiger partial charge is 0.489 e. The zero-order valence-electron chi connectivity index (χ0n) is 32.4. The van der Waals surface area contributed by atoms with Crippen LogP contribution in [0.4, 0.5) is 0 Å². The molecule has 0 saturated heterocycles. The van der Waals surface area contributed by atoms with Crippen molar-refractivity contribution in [2.45, 2.75) is 69.7 Å². The van der Waals surface area contributed by atoms with Gasteiger partial charge in [-0.15, -0.1) is 13.2 Å². The SMILES string of the molecule is C=CCCCC(Cc1ccccc1)C(=O)OC(c1ccccc1)C(COC)NC(=O)C(CC=C)CC(=O)NC(CO)Cc1ccc(OCc2ccccc2)cc1. The van der Waals surface area contributed by atoms with Crippen LogP contribution in [0.25, 0.3) is 0 Å². The van der Waals surface area contributed by atoms with Gasteiger partial charge in [0.2, 0.25) is 11.8 Å². The van der Waals surface area contributed by atoms with Gasteiger partial charge in [-0.3, -0.25) is 14.4 Å². The number of benzene rings is 4. The van der Waals surface area contributed by atoms with Crippen LogP contribution >= 0.6 is 0 Å². The lowest BCUT2D eigenvalue weighted by molar-refractivity contribution is -0.158. The van der Waals surface area contributed by atoms with Gasteiger partial charge in [-0.2, -0.15) is 0 Å². The first kappa shape index (κ1) is 43.2. The third kappa shape index (κ3) is 14.6. The summed E-state index contributed by atoms with van der Waals surface area (Å²) in [5, 5.41) is 16.1. The number of hydrogen-bond acceptors (Lipinski definition) is 7. The monoisotopic (exact) mass is 760 g/mol. The maximum atomic E-state index is 14.0. The van der Waals surface area contributed by atoms with Gasteiger partial charge in [-0.1, -0.05) is 115 Å². The van der Waals surface area contributed by atoms with E-state index in [-0.39, 0.29) is 37.9 Å². The van der Waals surface area contributed by atoms with E-state index in [4.69, 9.17) is 14.2 Å². The van der Waals surface area contributed by atoms with E-state index >= 15 is 0 Å². The van der Waals surface area contributed by atoms with Crippen LogP contribution in [-0.4, -0.2) is 55.3 Å². The fourth-order valence-corrected chi connectivity index (χ4v) is 6.54. The van der Waals surface area contributed by atoms with E-state index in [1.807, 2.05) is 121 Å². The molecule has 3 N–H and O–H groups in total. The number of nitrogens with one attached hydrogen (secondary N) is 2. The molecule has 9 nitrogen and oxygen atoms in total. The smallest absolute Gasteiger partial charge is 0.309 e. The van der Waals surface area contributed by atoms with E-state index in [9.17, 15) is 19.5 Å². The minimum atomic E-state index is -0.864. The Bertz CT molecular complexity index is 1770. The second-order valence-corrected chi connectivity index (χ2v) is 13.9. The van der Waals surface area contributed by atoms with Crippen molar-refractivity contribution < 1.29 is 33.7 Å². The van der Waals surface area contributed by atoms with Crippen LogP contribution in [0, 0.1) is 11.8 Å². The summed E-state index contributed by atoms with van der Waals surface area (Å²) in [6.07, 6.45) is 5.73. The lowest BCUT2D eigenvalue weighted by Gasteiger charge is -2.30. The van der Waals surface area contributed by atoms with Gasteiger partial charge >= 0.3 is 5.97 Å². The van der Waals surface area contributed by atoms with Gasteiger partial charge in [-0.05, 0) is 72.9 Å². The number of ether oxygens (including phenoxy) is 3. The molecule has 0 saturated carbocycles. The third-order valence-corrected chi connectivity index (χ3v) is 9.52. The van der Waals surface area contributed by atoms with Crippen molar-refractivity contribution in [1.29, 1.82) is 0 Å². The quantitative estimate of drug-likeness (QED) is 0.0363. The first-order chi connectivity index (χ1) is 27.3. The number of aliphatic hydroxyl groups excluding tert-OH is 1. The van der Waals surface area contributed by atoms with Crippen molar-refractivity contribution in [3.05, 3.63) is 163 Å². The lowest BCUT2D eigenvalue weighted by atomic mass is 9.93. The lowest BCUT2D eigenvalue weighted by Crippen LogP contribution is -2.47. The van der Waals surface area contributed by atoms with Crippen LogP contribution in [-0.2, 0) is 43.3 Å². The number of esters is 1. The van der Waals surface area contributed by atoms with Gasteiger partial charge in [0, 0.05) is 13.5 Å². The van der Waals surface area contributed by atoms with Gasteiger partial charge in [0.15, 0.2) is 0 Å². The van der Waals surface area contributed by atoms with Crippen molar-refractivity contribution in [3.8, 4) is 5.75 Å². The van der Waals surface area contributed by atoms with E-state index in [0.29, 0.717) is 37.2 Å². The van der Waals surface area contributed by atoms with Crippen molar-refractivity contribution in [2.24, 2.45) is 11.8 Å². The van der Waals surface area contributed by atoms with Crippen molar-refractivity contribution in [2.75, 3.05) is 20.3 Å². The van der Waals surface area contributed by atoms with Crippen LogP contribution in [0.2, 0.25) is 0 Å². The number of unbranched alkanes of at least 4 members (excludes halogenated alkanes) is 1. The molecule has 0 aliphatic rings. The van der Waals surface area contributed by atoms with Crippen LogP contribution in [0.3, 0.4) is 0 Å². The number of methoxy groups -OCH3 is 1. The average molecular weight is 761 g/mol.